The van der Waals surface area contributed by atoms with Gasteiger partial charge in [-0.15, -0.1) is 0 Å². The topological polar surface area (TPSA) is 72.5 Å². The molecule has 1 aromatic carbocycles. The lowest BCUT2D eigenvalue weighted by atomic mass is 10.1. The molecule has 0 spiro atoms. The molecule has 0 aliphatic heterocycles. The van der Waals surface area contributed by atoms with Crippen molar-refractivity contribution in [3.8, 4) is 0 Å². The molecular formula is C9H11NO3. The minimum atomic E-state index is -1.19. The van der Waals surface area contributed by atoms with Gasteiger partial charge in [0.25, 0.3) is 0 Å². The van der Waals surface area contributed by atoms with Gasteiger partial charge in [0, 0.05) is 6.42 Å². The van der Waals surface area contributed by atoms with Crippen LogP contribution >= 0.6 is 0 Å². The van der Waals surface area contributed by atoms with Crippen LogP contribution < -0.4 is 5.90 Å². The third-order valence-electron chi connectivity index (χ3n) is 1.66. The summed E-state index contributed by atoms with van der Waals surface area (Å²) in [6.45, 7) is 0. The van der Waals surface area contributed by atoms with E-state index in [1.54, 1.807) is 0 Å². The van der Waals surface area contributed by atoms with Crippen molar-refractivity contribution in [2.75, 3.05) is 0 Å². The Morgan fingerprint density at radius 3 is 2.62 bits per heavy atom. The van der Waals surface area contributed by atoms with Gasteiger partial charge in [-0.1, -0.05) is 30.3 Å². The van der Waals surface area contributed by atoms with E-state index in [2.05, 4.69) is 10.7 Å². The molecule has 1 atom stereocenters. The fourth-order valence-electron chi connectivity index (χ4n) is 0.999. The fraction of sp³-hybridized carbons (Fsp3) is 0.222. The number of rotatable bonds is 3. The van der Waals surface area contributed by atoms with E-state index in [0.717, 1.165) is 5.56 Å². The lowest BCUT2D eigenvalue weighted by Gasteiger charge is -2.06. The number of nitrogens with two attached hydrogens (primary N) is 1. The highest BCUT2D eigenvalue weighted by Gasteiger charge is 2.15. The van der Waals surface area contributed by atoms with Gasteiger partial charge in [0.1, 0.15) is 0 Å². The van der Waals surface area contributed by atoms with E-state index in [1.165, 1.54) is 0 Å². The van der Waals surface area contributed by atoms with E-state index < -0.39 is 12.1 Å². The third kappa shape index (κ3) is 2.85. The monoisotopic (exact) mass is 181 g/mol. The summed E-state index contributed by atoms with van der Waals surface area (Å²) in [6.07, 6.45) is -0.968. The van der Waals surface area contributed by atoms with Crippen molar-refractivity contribution < 1.29 is 14.7 Å². The number of aliphatic hydroxyl groups excluding tert-OH is 1. The molecule has 0 aliphatic carbocycles. The number of aliphatic hydroxyl groups is 1. The second kappa shape index (κ2) is 4.59. The van der Waals surface area contributed by atoms with Crippen LogP contribution in [0.3, 0.4) is 0 Å². The van der Waals surface area contributed by atoms with Crippen molar-refractivity contribution in [1.82, 2.24) is 0 Å². The molecule has 1 rings (SSSR count). The first-order valence-corrected chi connectivity index (χ1v) is 3.86. The third-order valence-corrected chi connectivity index (χ3v) is 1.66. The van der Waals surface area contributed by atoms with Gasteiger partial charge < -0.3 is 9.94 Å². The number of benzene rings is 1. The maximum atomic E-state index is 10.7. The number of carbonyl (C=O) groups is 1. The van der Waals surface area contributed by atoms with Crippen LogP contribution in [0.2, 0.25) is 0 Å². The molecule has 0 aliphatic rings. The van der Waals surface area contributed by atoms with Gasteiger partial charge in [-0.25, -0.2) is 4.79 Å². The van der Waals surface area contributed by atoms with Gasteiger partial charge >= 0.3 is 5.97 Å². The molecule has 0 fully saturated rings. The molecule has 0 radical (unpaired) electrons. The Kier molecular flexibility index (Phi) is 3.42. The van der Waals surface area contributed by atoms with E-state index in [0.29, 0.717) is 0 Å². The second-order valence-electron chi connectivity index (χ2n) is 2.64. The Morgan fingerprint density at radius 2 is 2.08 bits per heavy atom. The van der Waals surface area contributed by atoms with Crippen LogP contribution in [0, 0.1) is 0 Å². The van der Waals surface area contributed by atoms with Crippen molar-refractivity contribution in [3.05, 3.63) is 35.9 Å². The van der Waals surface area contributed by atoms with Gasteiger partial charge in [0.05, 0.1) is 0 Å². The molecule has 0 amide bonds. The predicted octanol–water partition coefficient (Wildman–Crippen LogP) is 0.00690. The van der Waals surface area contributed by atoms with Crippen LogP contribution in [-0.2, 0) is 16.1 Å². The normalized spacial score (nSPS) is 12.2. The van der Waals surface area contributed by atoms with Crippen molar-refractivity contribution in [2.24, 2.45) is 5.90 Å². The highest BCUT2D eigenvalue weighted by Crippen LogP contribution is 2.03. The number of carbonyl (C=O) groups excluding carboxylic acids is 1. The van der Waals surface area contributed by atoms with E-state index in [9.17, 15) is 9.90 Å². The molecule has 0 bridgehead atoms. The van der Waals surface area contributed by atoms with Crippen molar-refractivity contribution >= 4 is 5.97 Å². The van der Waals surface area contributed by atoms with Crippen LogP contribution in [-0.4, -0.2) is 17.2 Å². The summed E-state index contributed by atoms with van der Waals surface area (Å²) < 4.78 is 0. The zero-order valence-electron chi connectivity index (χ0n) is 7.01. The standard InChI is InChI=1S/C9H11NO3/c10-13-9(12)8(11)6-7-4-2-1-3-5-7/h1-5,8,11H,6,10H2. The van der Waals surface area contributed by atoms with Crippen molar-refractivity contribution in [3.63, 3.8) is 0 Å². The van der Waals surface area contributed by atoms with Crippen molar-refractivity contribution in [1.29, 1.82) is 0 Å². The summed E-state index contributed by atoms with van der Waals surface area (Å²) in [5.74, 6) is 3.80. The van der Waals surface area contributed by atoms with Crippen LogP contribution in [0.4, 0.5) is 0 Å². The first-order valence-electron chi connectivity index (χ1n) is 3.86. The van der Waals surface area contributed by atoms with E-state index in [4.69, 9.17) is 0 Å². The molecule has 3 N–H and O–H groups in total. The average molecular weight is 181 g/mol. The number of hydrogen-bond acceptors (Lipinski definition) is 4. The zero-order valence-corrected chi connectivity index (χ0v) is 7.01. The van der Waals surface area contributed by atoms with E-state index >= 15 is 0 Å². The van der Waals surface area contributed by atoms with E-state index in [1.807, 2.05) is 30.3 Å². The SMILES string of the molecule is NOC(=O)C(O)Cc1ccccc1. The second-order valence-corrected chi connectivity index (χ2v) is 2.64. The summed E-state index contributed by atoms with van der Waals surface area (Å²) in [5.41, 5.74) is 0.861. The first-order chi connectivity index (χ1) is 6.24. The van der Waals surface area contributed by atoms with Crippen LogP contribution in [0.5, 0.6) is 0 Å². The van der Waals surface area contributed by atoms with Crippen molar-refractivity contribution in [2.45, 2.75) is 12.5 Å². The molecule has 0 aromatic heterocycles. The summed E-state index contributed by atoms with van der Waals surface area (Å²) in [4.78, 5) is 14.6. The Morgan fingerprint density at radius 1 is 1.46 bits per heavy atom. The molecule has 70 valence electrons. The first kappa shape index (κ1) is 9.70. The maximum Gasteiger partial charge on any atom is 0.353 e. The smallest absolute Gasteiger partial charge is 0.353 e. The van der Waals surface area contributed by atoms with Gasteiger partial charge in [0.2, 0.25) is 0 Å². The van der Waals surface area contributed by atoms with Gasteiger partial charge in [0.15, 0.2) is 6.10 Å². The average Bonchev–Trinajstić information content (AvgIpc) is 2.18. The highest BCUT2D eigenvalue weighted by atomic mass is 16.7. The van der Waals surface area contributed by atoms with Gasteiger partial charge in [-0.2, -0.15) is 5.90 Å². The molecular weight excluding hydrogens is 170 g/mol. The lowest BCUT2D eigenvalue weighted by Crippen LogP contribution is -2.27. The van der Waals surface area contributed by atoms with Crippen LogP contribution in [0.25, 0.3) is 0 Å². The molecule has 0 saturated heterocycles. The Hall–Kier alpha value is -1.39. The Labute approximate surface area is 75.9 Å². The molecule has 4 nitrogen and oxygen atoms in total. The molecule has 4 heteroatoms. The zero-order chi connectivity index (χ0) is 9.68. The van der Waals surface area contributed by atoms with E-state index in [-0.39, 0.29) is 6.42 Å². The van der Waals surface area contributed by atoms with Crippen LogP contribution in [0.1, 0.15) is 5.56 Å². The quantitative estimate of drug-likeness (QED) is 0.644. The Bertz CT molecular complexity index is 273. The Balaban J connectivity index is 2.55. The summed E-state index contributed by atoms with van der Waals surface area (Å²) in [7, 11) is 0. The fourth-order valence-corrected chi connectivity index (χ4v) is 0.999. The molecule has 1 aromatic rings. The van der Waals surface area contributed by atoms with Gasteiger partial charge in [-0.05, 0) is 5.56 Å². The minimum absolute atomic E-state index is 0.219. The summed E-state index contributed by atoms with van der Waals surface area (Å²) >= 11 is 0. The molecule has 13 heavy (non-hydrogen) atoms. The largest absolute Gasteiger partial charge is 0.381 e. The molecule has 0 saturated carbocycles. The molecule has 0 heterocycles. The van der Waals surface area contributed by atoms with Crippen LogP contribution in [0.15, 0.2) is 30.3 Å². The number of hydrogen-bond donors (Lipinski definition) is 2. The predicted molar refractivity (Wildman–Crippen MR) is 46.4 cm³/mol. The summed E-state index contributed by atoms with van der Waals surface area (Å²) in [5, 5.41) is 9.22. The summed E-state index contributed by atoms with van der Waals surface area (Å²) in [6, 6.07) is 9.14. The van der Waals surface area contributed by atoms with Gasteiger partial charge in [-0.3, -0.25) is 0 Å². The highest BCUT2D eigenvalue weighted by molar-refractivity contribution is 5.74. The maximum absolute atomic E-state index is 10.7. The molecule has 1 unspecified atom stereocenters. The minimum Gasteiger partial charge on any atom is -0.381 e. The lowest BCUT2D eigenvalue weighted by molar-refractivity contribution is -0.154.